The maximum absolute atomic E-state index is 12.9. The minimum Gasteiger partial charge on any atom is -0.391 e. The molecule has 1 saturated heterocycles. The van der Waals surface area contributed by atoms with E-state index in [2.05, 4.69) is 15.3 Å². The van der Waals surface area contributed by atoms with Crippen molar-refractivity contribution >= 4 is 28.3 Å². The Morgan fingerprint density at radius 2 is 2.10 bits per heavy atom. The van der Waals surface area contributed by atoms with Crippen molar-refractivity contribution in [2.24, 2.45) is 0 Å². The first-order chi connectivity index (χ1) is 14.0. The number of aliphatic hydroxyl groups excluding tert-OH is 1. The van der Waals surface area contributed by atoms with Gasteiger partial charge in [0.25, 0.3) is 5.56 Å². The fourth-order valence-corrected chi connectivity index (χ4v) is 3.96. The highest BCUT2D eigenvalue weighted by molar-refractivity contribution is 6.34. The molecule has 3 aromatic rings. The number of nitrogens with one attached hydrogen (secondary N) is 1. The van der Waals surface area contributed by atoms with E-state index < -0.39 is 6.10 Å². The molecule has 0 spiro atoms. The Bertz CT molecular complexity index is 1100. The Morgan fingerprint density at radius 1 is 1.31 bits per heavy atom. The van der Waals surface area contributed by atoms with Gasteiger partial charge in [0.1, 0.15) is 0 Å². The number of carbonyl (C=O) groups is 1. The summed E-state index contributed by atoms with van der Waals surface area (Å²) in [5.41, 5.74) is 1.84. The Balaban J connectivity index is 1.59. The van der Waals surface area contributed by atoms with E-state index in [4.69, 9.17) is 11.6 Å². The molecule has 29 heavy (non-hydrogen) atoms. The van der Waals surface area contributed by atoms with Gasteiger partial charge in [-0.1, -0.05) is 11.6 Å². The monoisotopic (exact) mass is 412 g/mol. The molecule has 150 valence electrons. The number of nitrogens with zero attached hydrogens (tertiary/aromatic N) is 3. The van der Waals surface area contributed by atoms with Crippen molar-refractivity contribution in [1.82, 2.24) is 19.9 Å². The second-order valence-corrected chi connectivity index (χ2v) is 7.68. The van der Waals surface area contributed by atoms with Gasteiger partial charge < -0.3 is 10.4 Å². The molecule has 0 saturated carbocycles. The Kier molecular flexibility index (Phi) is 5.71. The van der Waals surface area contributed by atoms with Crippen molar-refractivity contribution in [3.8, 4) is 11.1 Å². The Hall–Kier alpha value is -2.61. The lowest BCUT2D eigenvalue weighted by Crippen LogP contribution is -2.46. The first-order valence-corrected chi connectivity index (χ1v) is 9.93. The summed E-state index contributed by atoms with van der Waals surface area (Å²) in [7, 11) is 0. The van der Waals surface area contributed by atoms with Crippen LogP contribution in [0, 0.1) is 0 Å². The van der Waals surface area contributed by atoms with E-state index in [1.807, 2.05) is 12.1 Å². The molecule has 2 atom stereocenters. The fraction of sp³-hybridized carbons (Fsp3) is 0.333. The topological polar surface area (TPSA) is 97.1 Å². The second-order valence-electron chi connectivity index (χ2n) is 7.28. The van der Waals surface area contributed by atoms with E-state index in [1.54, 1.807) is 24.5 Å². The zero-order valence-corrected chi connectivity index (χ0v) is 16.5. The molecule has 4 rings (SSSR count). The van der Waals surface area contributed by atoms with Crippen LogP contribution in [-0.2, 0) is 11.3 Å². The molecule has 0 radical (unpaired) electrons. The molecule has 0 amide bonds. The first kappa shape index (κ1) is 19.7. The number of hydrogen-bond donors (Lipinski definition) is 2. The van der Waals surface area contributed by atoms with Crippen LogP contribution < -0.4 is 10.9 Å². The van der Waals surface area contributed by atoms with Gasteiger partial charge >= 0.3 is 0 Å². The smallest absolute Gasteiger partial charge is 0.261 e. The summed E-state index contributed by atoms with van der Waals surface area (Å²) in [6.45, 7) is 0.696. The van der Waals surface area contributed by atoms with Crippen LogP contribution in [0.5, 0.6) is 0 Å². The van der Waals surface area contributed by atoms with Gasteiger partial charge in [-0.2, -0.15) is 0 Å². The number of hydrogen-bond acceptors (Lipinski definition) is 6. The second kappa shape index (κ2) is 8.41. The van der Waals surface area contributed by atoms with Gasteiger partial charge in [0, 0.05) is 35.4 Å². The van der Waals surface area contributed by atoms with Gasteiger partial charge in [-0.15, -0.1) is 0 Å². The molecule has 1 fully saturated rings. The van der Waals surface area contributed by atoms with Gasteiger partial charge in [-0.3, -0.25) is 19.1 Å². The van der Waals surface area contributed by atoms with Crippen LogP contribution in [0.2, 0.25) is 5.02 Å². The van der Waals surface area contributed by atoms with Crippen molar-refractivity contribution in [1.29, 1.82) is 0 Å². The van der Waals surface area contributed by atoms with Crippen molar-refractivity contribution < 1.29 is 9.90 Å². The lowest BCUT2D eigenvalue weighted by atomic mass is 9.97. The number of fused-ring (bicyclic) bond motifs is 1. The van der Waals surface area contributed by atoms with Crippen LogP contribution >= 0.6 is 11.6 Å². The van der Waals surface area contributed by atoms with Crippen LogP contribution in [-0.4, -0.2) is 44.1 Å². The standard InChI is InChI=1S/C21H21ClN4O3/c22-17-9-16-18(10-15(17)13-3-6-23-7-4-13)25-12-26(21(16)29)11-14(27)8-19-20(28)2-1-5-24-19/h3-4,6-7,9-10,12,19-20,24,28H,1-2,5,8,11H2/t19-,20+/m1/s1. The Labute approximate surface area is 172 Å². The predicted octanol–water partition coefficient (Wildman–Crippen LogP) is 2.18. The van der Waals surface area contributed by atoms with Gasteiger partial charge in [0.15, 0.2) is 5.78 Å². The minimum absolute atomic E-state index is 0.0869. The molecule has 0 aliphatic carbocycles. The molecule has 1 aliphatic heterocycles. The third-order valence-corrected chi connectivity index (χ3v) is 5.56. The van der Waals surface area contributed by atoms with Gasteiger partial charge in [-0.25, -0.2) is 4.98 Å². The highest BCUT2D eigenvalue weighted by Gasteiger charge is 2.25. The summed E-state index contributed by atoms with van der Waals surface area (Å²) >= 11 is 6.41. The number of carbonyl (C=O) groups excluding carboxylic acids is 1. The minimum atomic E-state index is -0.537. The number of aromatic nitrogens is 3. The van der Waals surface area contributed by atoms with Crippen LogP contribution in [0.25, 0.3) is 22.0 Å². The molecule has 7 nitrogen and oxygen atoms in total. The summed E-state index contributed by atoms with van der Waals surface area (Å²) in [5.74, 6) is -0.133. The number of Topliss-reactive ketones (excluding diaryl/α,β-unsaturated/α-hetero) is 1. The average molecular weight is 413 g/mol. The van der Waals surface area contributed by atoms with Crippen LogP contribution in [0.15, 0.2) is 47.8 Å². The quantitative estimate of drug-likeness (QED) is 0.666. The lowest BCUT2D eigenvalue weighted by Gasteiger charge is -2.28. The van der Waals surface area contributed by atoms with Crippen LogP contribution in [0.1, 0.15) is 19.3 Å². The maximum atomic E-state index is 12.9. The van der Waals surface area contributed by atoms with Crippen molar-refractivity contribution in [3.63, 3.8) is 0 Å². The van der Waals surface area contributed by atoms with E-state index in [-0.39, 0.29) is 30.3 Å². The fourth-order valence-electron chi connectivity index (χ4n) is 3.69. The summed E-state index contributed by atoms with van der Waals surface area (Å²) in [6.07, 6.45) is 5.94. The normalized spacial score (nSPS) is 19.4. The van der Waals surface area contributed by atoms with Crippen LogP contribution in [0.4, 0.5) is 0 Å². The summed E-state index contributed by atoms with van der Waals surface area (Å²) in [4.78, 5) is 33.7. The number of halogens is 1. The highest BCUT2D eigenvalue weighted by atomic mass is 35.5. The van der Waals surface area contributed by atoms with Gasteiger partial charge in [0.05, 0.1) is 29.9 Å². The lowest BCUT2D eigenvalue weighted by molar-refractivity contribution is -0.121. The van der Waals surface area contributed by atoms with Gasteiger partial charge in [-0.05, 0) is 49.2 Å². The van der Waals surface area contributed by atoms with Crippen molar-refractivity contribution in [3.05, 3.63) is 58.4 Å². The molecule has 8 heteroatoms. The Morgan fingerprint density at radius 3 is 2.86 bits per heavy atom. The highest BCUT2D eigenvalue weighted by Crippen LogP contribution is 2.30. The molecule has 2 aromatic heterocycles. The number of pyridine rings is 1. The molecular formula is C21H21ClN4O3. The summed E-state index contributed by atoms with van der Waals surface area (Å²) in [5, 5.41) is 14.0. The van der Waals surface area contributed by atoms with E-state index in [9.17, 15) is 14.7 Å². The number of rotatable bonds is 5. The predicted molar refractivity (Wildman–Crippen MR) is 111 cm³/mol. The zero-order valence-electron chi connectivity index (χ0n) is 15.7. The van der Waals surface area contributed by atoms with Crippen molar-refractivity contribution in [2.75, 3.05) is 6.54 Å². The number of benzene rings is 1. The number of aliphatic hydroxyl groups is 1. The number of ketones is 1. The molecule has 1 aromatic carbocycles. The third-order valence-electron chi connectivity index (χ3n) is 5.25. The largest absolute Gasteiger partial charge is 0.391 e. The molecule has 0 bridgehead atoms. The molecule has 1 aliphatic rings. The van der Waals surface area contributed by atoms with Crippen molar-refractivity contribution in [2.45, 2.75) is 38.0 Å². The summed E-state index contributed by atoms with van der Waals surface area (Å²) < 4.78 is 1.29. The molecule has 2 N–H and O–H groups in total. The molecule has 3 heterocycles. The molecular weight excluding hydrogens is 392 g/mol. The van der Waals surface area contributed by atoms with E-state index in [0.717, 1.165) is 24.1 Å². The molecule has 0 unspecified atom stereocenters. The maximum Gasteiger partial charge on any atom is 0.261 e. The van der Waals surface area contributed by atoms with E-state index >= 15 is 0 Å². The third kappa shape index (κ3) is 4.22. The van der Waals surface area contributed by atoms with Gasteiger partial charge in [0.2, 0.25) is 0 Å². The van der Waals surface area contributed by atoms with Crippen LogP contribution in [0.3, 0.4) is 0 Å². The van der Waals surface area contributed by atoms with E-state index in [0.29, 0.717) is 22.3 Å². The summed E-state index contributed by atoms with van der Waals surface area (Å²) in [6, 6.07) is 6.76. The first-order valence-electron chi connectivity index (χ1n) is 9.55. The SMILES string of the molecule is O=C(C[C@H]1NCCC[C@@H]1O)Cn1cnc2cc(-c3ccncc3)c(Cl)cc2c1=O. The zero-order chi connectivity index (χ0) is 20.4. The number of piperidine rings is 1. The average Bonchev–Trinajstić information content (AvgIpc) is 2.72. The van der Waals surface area contributed by atoms with E-state index in [1.165, 1.54) is 10.9 Å².